The number of thiophene rings is 1. The van der Waals surface area contributed by atoms with Gasteiger partial charge >= 0.3 is 0 Å². The Morgan fingerprint density at radius 2 is 1.96 bits per heavy atom. The van der Waals surface area contributed by atoms with Crippen LogP contribution in [-0.4, -0.2) is 17.6 Å². The highest BCUT2D eigenvalue weighted by Gasteiger charge is 2.19. The van der Waals surface area contributed by atoms with Crippen LogP contribution in [0.1, 0.15) is 17.3 Å². The molecular weight excluding hydrogens is 308 g/mol. The minimum Gasteiger partial charge on any atom is -0.495 e. The summed E-state index contributed by atoms with van der Waals surface area (Å²) in [6.45, 7) is 0. The van der Waals surface area contributed by atoms with Gasteiger partial charge in [0.2, 0.25) is 5.91 Å². The third-order valence-electron chi connectivity index (χ3n) is 3.62. The number of ether oxygens (including phenoxy) is 1. The third-order valence-corrected chi connectivity index (χ3v) is 4.59. The average molecular weight is 326 g/mol. The fraction of sp³-hybridized carbons (Fsp3) is 0.167. The summed E-state index contributed by atoms with van der Waals surface area (Å²) in [5.74, 6) is 0.621. The van der Waals surface area contributed by atoms with Crippen LogP contribution < -0.4 is 10.1 Å². The maximum atomic E-state index is 12.5. The van der Waals surface area contributed by atoms with E-state index in [1.807, 2.05) is 60.2 Å². The van der Waals surface area contributed by atoms with Crippen LogP contribution in [0.25, 0.3) is 0 Å². The highest BCUT2D eigenvalue weighted by molar-refractivity contribution is 7.10. The van der Waals surface area contributed by atoms with E-state index in [0.29, 0.717) is 17.9 Å². The lowest BCUT2D eigenvalue weighted by atomic mass is 10.1. The number of para-hydroxylation sites is 2. The summed E-state index contributed by atoms with van der Waals surface area (Å²) < 4.78 is 7.34. The van der Waals surface area contributed by atoms with Crippen molar-refractivity contribution in [3.8, 4) is 5.75 Å². The first kappa shape index (κ1) is 15.4. The number of hydrogen-bond acceptors (Lipinski definition) is 3. The van der Waals surface area contributed by atoms with Crippen molar-refractivity contribution in [2.24, 2.45) is 0 Å². The zero-order valence-corrected chi connectivity index (χ0v) is 13.6. The Kier molecular flexibility index (Phi) is 4.78. The Balaban J connectivity index is 1.77. The average Bonchev–Trinajstić information content (AvgIpc) is 3.27. The number of benzene rings is 1. The number of nitrogens with zero attached hydrogens (tertiary/aromatic N) is 1. The normalized spacial score (nSPS) is 11.9. The second kappa shape index (κ2) is 7.15. The first-order valence-corrected chi connectivity index (χ1v) is 8.24. The van der Waals surface area contributed by atoms with Crippen molar-refractivity contribution in [1.82, 2.24) is 4.57 Å². The standard InChI is InChI=1S/C18H18N2O2S/c1-22-16-8-3-2-7-14(16)19-18(21)13-15(17-9-6-12-23-17)20-10-4-5-11-20/h2-12,15H,13H2,1H3,(H,19,21)/t15-/m0/s1. The Hall–Kier alpha value is -2.53. The van der Waals surface area contributed by atoms with E-state index >= 15 is 0 Å². The second-order valence-electron chi connectivity index (χ2n) is 5.11. The first-order chi connectivity index (χ1) is 11.3. The van der Waals surface area contributed by atoms with Gasteiger partial charge in [0.15, 0.2) is 0 Å². The predicted molar refractivity (Wildman–Crippen MR) is 93.1 cm³/mol. The van der Waals surface area contributed by atoms with Crippen LogP contribution >= 0.6 is 11.3 Å². The number of nitrogens with one attached hydrogen (secondary N) is 1. The lowest BCUT2D eigenvalue weighted by Gasteiger charge is -2.18. The first-order valence-electron chi connectivity index (χ1n) is 7.36. The summed E-state index contributed by atoms with van der Waals surface area (Å²) in [5.41, 5.74) is 0.692. The zero-order chi connectivity index (χ0) is 16.1. The molecule has 1 atom stereocenters. The molecular formula is C18H18N2O2S. The molecule has 0 spiro atoms. The molecule has 0 saturated heterocycles. The van der Waals surface area contributed by atoms with Gasteiger partial charge in [-0.05, 0) is 35.7 Å². The molecule has 23 heavy (non-hydrogen) atoms. The highest BCUT2D eigenvalue weighted by atomic mass is 32.1. The van der Waals surface area contributed by atoms with Crippen molar-refractivity contribution in [1.29, 1.82) is 0 Å². The van der Waals surface area contributed by atoms with Crippen LogP contribution in [0.4, 0.5) is 5.69 Å². The molecule has 0 aliphatic heterocycles. The van der Waals surface area contributed by atoms with Crippen LogP contribution in [0.5, 0.6) is 5.75 Å². The molecule has 0 aliphatic carbocycles. The molecule has 0 aliphatic rings. The van der Waals surface area contributed by atoms with Crippen molar-refractivity contribution < 1.29 is 9.53 Å². The quantitative estimate of drug-likeness (QED) is 0.738. The molecule has 118 valence electrons. The van der Waals surface area contributed by atoms with E-state index in [4.69, 9.17) is 4.74 Å². The summed E-state index contributed by atoms with van der Waals surface area (Å²) in [7, 11) is 1.60. The summed E-state index contributed by atoms with van der Waals surface area (Å²) in [6.07, 6.45) is 4.34. The number of amides is 1. The van der Waals surface area contributed by atoms with Gasteiger partial charge < -0.3 is 14.6 Å². The predicted octanol–water partition coefficient (Wildman–Crippen LogP) is 4.18. The Labute approximate surface area is 139 Å². The Bertz CT molecular complexity index is 717. The molecule has 0 unspecified atom stereocenters. The molecule has 0 fully saturated rings. The largest absolute Gasteiger partial charge is 0.495 e. The lowest BCUT2D eigenvalue weighted by Crippen LogP contribution is -2.19. The maximum Gasteiger partial charge on any atom is 0.226 e. The molecule has 4 nitrogen and oxygen atoms in total. The van der Waals surface area contributed by atoms with Gasteiger partial charge in [0, 0.05) is 17.3 Å². The van der Waals surface area contributed by atoms with Crippen LogP contribution in [0, 0.1) is 0 Å². The summed E-state index contributed by atoms with van der Waals surface area (Å²) in [4.78, 5) is 13.7. The molecule has 0 bridgehead atoms. The van der Waals surface area contributed by atoms with E-state index in [2.05, 4.69) is 16.0 Å². The van der Waals surface area contributed by atoms with Gasteiger partial charge in [-0.25, -0.2) is 0 Å². The number of anilines is 1. The van der Waals surface area contributed by atoms with Crippen LogP contribution in [-0.2, 0) is 4.79 Å². The molecule has 0 radical (unpaired) electrons. The molecule has 3 aromatic rings. The monoisotopic (exact) mass is 326 g/mol. The van der Waals surface area contributed by atoms with E-state index in [1.54, 1.807) is 18.4 Å². The molecule has 1 N–H and O–H groups in total. The van der Waals surface area contributed by atoms with Crippen LogP contribution in [0.3, 0.4) is 0 Å². The topological polar surface area (TPSA) is 43.3 Å². The van der Waals surface area contributed by atoms with Crippen LogP contribution in [0.2, 0.25) is 0 Å². The molecule has 5 heteroatoms. The fourth-order valence-corrected chi connectivity index (χ4v) is 3.35. The lowest BCUT2D eigenvalue weighted by molar-refractivity contribution is -0.116. The van der Waals surface area contributed by atoms with Crippen molar-refractivity contribution in [2.45, 2.75) is 12.5 Å². The molecule has 2 aromatic heterocycles. The number of rotatable bonds is 6. The van der Waals surface area contributed by atoms with E-state index in [9.17, 15) is 4.79 Å². The van der Waals surface area contributed by atoms with Gasteiger partial charge in [-0.1, -0.05) is 18.2 Å². The third kappa shape index (κ3) is 3.63. The van der Waals surface area contributed by atoms with Gasteiger partial charge in [0.05, 0.1) is 25.3 Å². The Morgan fingerprint density at radius 1 is 1.17 bits per heavy atom. The van der Waals surface area contributed by atoms with E-state index in [0.717, 1.165) is 4.88 Å². The second-order valence-corrected chi connectivity index (χ2v) is 6.09. The number of methoxy groups -OCH3 is 1. The number of carbonyl (C=O) groups is 1. The van der Waals surface area contributed by atoms with Crippen molar-refractivity contribution in [3.63, 3.8) is 0 Å². The molecule has 0 saturated carbocycles. The Morgan fingerprint density at radius 3 is 2.65 bits per heavy atom. The van der Waals surface area contributed by atoms with Crippen molar-refractivity contribution in [3.05, 3.63) is 71.2 Å². The smallest absolute Gasteiger partial charge is 0.226 e. The van der Waals surface area contributed by atoms with Gasteiger partial charge in [-0.2, -0.15) is 0 Å². The SMILES string of the molecule is COc1ccccc1NC(=O)C[C@@H](c1cccs1)n1cccc1. The van der Waals surface area contributed by atoms with Gasteiger partial charge in [-0.3, -0.25) is 4.79 Å². The highest BCUT2D eigenvalue weighted by Crippen LogP contribution is 2.28. The van der Waals surface area contributed by atoms with Gasteiger partial charge in [0.25, 0.3) is 0 Å². The zero-order valence-electron chi connectivity index (χ0n) is 12.8. The minimum absolute atomic E-state index is 0.000271. The molecule has 1 amide bonds. The molecule has 3 rings (SSSR count). The summed E-state index contributed by atoms with van der Waals surface area (Å²) >= 11 is 1.66. The number of carbonyl (C=O) groups excluding carboxylic acids is 1. The van der Waals surface area contributed by atoms with E-state index in [1.165, 1.54) is 0 Å². The maximum absolute atomic E-state index is 12.5. The van der Waals surface area contributed by atoms with Crippen LogP contribution in [0.15, 0.2) is 66.3 Å². The van der Waals surface area contributed by atoms with E-state index < -0.39 is 0 Å². The number of hydrogen-bond donors (Lipinski definition) is 1. The van der Waals surface area contributed by atoms with Gasteiger partial charge in [-0.15, -0.1) is 11.3 Å². The molecule has 1 aromatic carbocycles. The number of aromatic nitrogens is 1. The summed E-state index contributed by atoms with van der Waals surface area (Å²) in [6, 6.07) is 15.4. The van der Waals surface area contributed by atoms with Crippen molar-refractivity contribution in [2.75, 3.05) is 12.4 Å². The fourth-order valence-electron chi connectivity index (χ4n) is 2.51. The molecule has 2 heterocycles. The van der Waals surface area contributed by atoms with Gasteiger partial charge in [0.1, 0.15) is 5.75 Å². The van der Waals surface area contributed by atoms with E-state index in [-0.39, 0.29) is 11.9 Å². The summed E-state index contributed by atoms with van der Waals surface area (Å²) in [5, 5.41) is 4.97. The van der Waals surface area contributed by atoms with Crippen molar-refractivity contribution >= 4 is 22.9 Å². The minimum atomic E-state index is -0.0402.